The molecule has 2 heterocycles. The number of ether oxygens (including phenoxy) is 1. The topological polar surface area (TPSA) is 89.3 Å². The molecule has 2 aromatic rings. The van der Waals surface area contributed by atoms with E-state index in [9.17, 15) is 9.90 Å². The predicted octanol–water partition coefficient (Wildman–Crippen LogP) is 1.86. The fourth-order valence-electron chi connectivity index (χ4n) is 3.26. The molecule has 1 atom stereocenters. The second-order valence-electron chi connectivity index (χ2n) is 6.46. The molecule has 0 aromatic carbocycles. The summed E-state index contributed by atoms with van der Waals surface area (Å²) >= 11 is 0. The Morgan fingerprint density at radius 1 is 1.48 bits per heavy atom. The minimum Gasteiger partial charge on any atom is -0.481 e. The number of nitrogens with one attached hydrogen (secondary N) is 1. The van der Waals surface area contributed by atoms with E-state index in [1.165, 1.54) is 0 Å². The summed E-state index contributed by atoms with van der Waals surface area (Å²) in [7, 11) is 1.57. The third-order valence-electron chi connectivity index (χ3n) is 4.67. The van der Waals surface area contributed by atoms with E-state index in [2.05, 4.69) is 15.4 Å². The van der Waals surface area contributed by atoms with Crippen molar-refractivity contribution in [2.45, 2.75) is 45.4 Å². The average Bonchev–Trinajstić information content (AvgIpc) is 2.98. The highest BCUT2D eigenvalue weighted by molar-refractivity contribution is 5.93. The van der Waals surface area contributed by atoms with Gasteiger partial charge in [-0.15, -0.1) is 0 Å². The number of hydrogen-bond acceptors (Lipinski definition) is 5. The van der Waals surface area contributed by atoms with E-state index in [-0.39, 0.29) is 24.0 Å². The molecule has 25 heavy (non-hydrogen) atoms. The molecule has 2 aromatic heterocycles. The maximum Gasteiger partial charge on any atom is 0.270 e. The Morgan fingerprint density at radius 2 is 2.24 bits per heavy atom. The first-order chi connectivity index (χ1) is 12.0. The molecule has 0 bridgehead atoms. The summed E-state index contributed by atoms with van der Waals surface area (Å²) in [6.45, 7) is 4.46. The Labute approximate surface area is 147 Å². The first kappa shape index (κ1) is 17.4. The fourth-order valence-corrected chi connectivity index (χ4v) is 3.26. The summed E-state index contributed by atoms with van der Waals surface area (Å²) in [4.78, 5) is 17.0. The van der Waals surface area contributed by atoms with E-state index in [0.717, 1.165) is 11.3 Å². The summed E-state index contributed by atoms with van der Waals surface area (Å²) < 4.78 is 6.80. The van der Waals surface area contributed by atoms with Crippen LogP contribution < -0.4 is 10.1 Å². The van der Waals surface area contributed by atoms with Gasteiger partial charge in [0.2, 0.25) is 5.88 Å². The minimum absolute atomic E-state index is 0.162. The standard InChI is InChI=1S/C18H24N4O3/c1-4-22-15(7-11(2)21-22)18(24)20-17(13-8-14(23)9-13)12-5-6-16(25-3)19-10-12/h5-7,10,13-14,17,23H,4,8-9H2,1-3H3,(H,20,24). The Bertz CT molecular complexity index is 735. The molecule has 0 radical (unpaired) electrons. The lowest BCUT2D eigenvalue weighted by Crippen LogP contribution is -2.42. The second-order valence-corrected chi connectivity index (χ2v) is 6.46. The van der Waals surface area contributed by atoms with E-state index >= 15 is 0 Å². The number of nitrogens with zero attached hydrogens (tertiary/aromatic N) is 3. The number of aryl methyl sites for hydroxylation is 2. The van der Waals surface area contributed by atoms with Gasteiger partial charge < -0.3 is 15.2 Å². The van der Waals surface area contributed by atoms with Crippen molar-refractivity contribution in [3.63, 3.8) is 0 Å². The van der Waals surface area contributed by atoms with Crippen LogP contribution in [0, 0.1) is 12.8 Å². The molecule has 0 spiro atoms. The molecule has 1 aliphatic carbocycles. The van der Waals surface area contributed by atoms with Crippen molar-refractivity contribution in [1.82, 2.24) is 20.1 Å². The van der Waals surface area contributed by atoms with Gasteiger partial charge in [0, 0.05) is 18.8 Å². The lowest BCUT2D eigenvalue weighted by molar-refractivity contribution is 0.0233. The Balaban J connectivity index is 1.83. The summed E-state index contributed by atoms with van der Waals surface area (Å²) in [5.41, 5.74) is 2.27. The van der Waals surface area contributed by atoms with Gasteiger partial charge in [-0.3, -0.25) is 9.48 Å². The van der Waals surface area contributed by atoms with Gasteiger partial charge in [0.1, 0.15) is 5.69 Å². The molecule has 1 unspecified atom stereocenters. The molecule has 1 saturated carbocycles. The Hall–Kier alpha value is -2.41. The number of aliphatic hydroxyl groups excluding tert-OH is 1. The van der Waals surface area contributed by atoms with Crippen molar-refractivity contribution in [2.75, 3.05) is 7.11 Å². The number of aromatic nitrogens is 3. The number of amides is 1. The summed E-state index contributed by atoms with van der Waals surface area (Å²) in [6, 6.07) is 5.28. The van der Waals surface area contributed by atoms with E-state index in [1.807, 2.05) is 19.9 Å². The number of carbonyl (C=O) groups excluding carboxylic acids is 1. The lowest BCUT2D eigenvalue weighted by atomic mass is 9.75. The van der Waals surface area contributed by atoms with Crippen LogP contribution in [0.2, 0.25) is 0 Å². The van der Waals surface area contributed by atoms with Crippen LogP contribution in [-0.2, 0) is 6.54 Å². The number of carbonyl (C=O) groups is 1. The molecule has 2 N–H and O–H groups in total. The summed E-state index contributed by atoms with van der Waals surface area (Å²) in [6.07, 6.45) is 2.77. The Morgan fingerprint density at radius 3 is 2.80 bits per heavy atom. The van der Waals surface area contributed by atoms with Crippen LogP contribution in [-0.4, -0.2) is 39.0 Å². The smallest absolute Gasteiger partial charge is 0.270 e. The molecule has 0 saturated heterocycles. The van der Waals surface area contributed by atoms with Gasteiger partial charge in [0.15, 0.2) is 0 Å². The van der Waals surface area contributed by atoms with Crippen molar-refractivity contribution < 1.29 is 14.6 Å². The van der Waals surface area contributed by atoms with E-state index in [0.29, 0.717) is 31.0 Å². The number of methoxy groups -OCH3 is 1. The molecule has 3 rings (SSSR count). The number of aliphatic hydroxyl groups is 1. The normalized spacial score (nSPS) is 20.6. The molecular formula is C18H24N4O3. The Kier molecular flexibility index (Phi) is 5.03. The minimum atomic E-state index is -0.293. The van der Waals surface area contributed by atoms with Crippen LogP contribution in [0.5, 0.6) is 5.88 Å². The maximum atomic E-state index is 12.8. The summed E-state index contributed by atoms with van der Waals surface area (Å²) in [5, 5.41) is 17.1. The third kappa shape index (κ3) is 3.66. The number of pyridine rings is 1. The second kappa shape index (κ2) is 7.23. The third-order valence-corrected chi connectivity index (χ3v) is 4.67. The zero-order chi connectivity index (χ0) is 18.0. The highest BCUT2D eigenvalue weighted by Crippen LogP contribution is 2.38. The zero-order valence-corrected chi connectivity index (χ0v) is 14.8. The maximum absolute atomic E-state index is 12.8. The van der Waals surface area contributed by atoms with Gasteiger partial charge in [0.25, 0.3) is 5.91 Å². The number of hydrogen-bond donors (Lipinski definition) is 2. The molecular weight excluding hydrogens is 320 g/mol. The van der Waals surface area contributed by atoms with Crippen molar-refractivity contribution in [2.24, 2.45) is 5.92 Å². The summed E-state index contributed by atoms with van der Waals surface area (Å²) in [5.74, 6) is 0.556. The van der Waals surface area contributed by atoms with Gasteiger partial charge in [-0.1, -0.05) is 6.07 Å². The highest BCUT2D eigenvalue weighted by atomic mass is 16.5. The van der Waals surface area contributed by atoms with Crippen LogP contribution >= 0.6 is 0 Å². The van der Waals surface area contributed by atoms with Gasteiger partial charge in [-0.05, 0) is 44.2 Å². The molecule has 1 amide bonds. The van der Waals surface area contributed by atoms with Crippen LogP contribution in [0.15, 0.2) is 24.4 Å². The van der Waals surface area contributed by atoms with Crippen molar-refractivity contribution in [3.8, 4) is 5.88 Å². The highest BCUT2D eigenvalue weighted by Gasteiger charge is 2.36. The molecule has 7 nitrogen and oxygen atoms in total. The first-order valence-corrected chi connectivity index (χ1v) is 8.55. The first-order valence-electron chi connectivity index (χ1n) is 8.55. The van der Waals surface area contributed by atoms with E-state index in [1.54, 1.807) is 30.1 Å². The molecule has 1 fully saturated rings. The van der Waals surface area contributed by atoms with Gasteiger partial charge in [-0.25, -0.2) is 4.98 Å². The van der Waals surface area contributed by atoms with Crippen LogP contribution in [0.25, 0.3) is 0 Å². The van der Waals surface area contributed by atoms with Gasteiger partial charge >= 0.3 is 0 Å². The van der Waals surface area contributed by atoms with Crippen molar-refractivity contribution in [1.29, 1.82) is 0 Å². The molecule has 134 valence electrons. The quantitative estimate of drug-likeness (QED) is 0.835. The van der Waals surface area contributed by atoms with Crippen molar-refractivity contribution in [3.05, 3.63) is 41.3 Å². The molecule has 1 aliphatic rings. The largest absolute Gasteiger partial charge is 0.481 e. The molecule has 0 aliphatic heterocycles. The van der Waals surface area contributed by atoms with Crippen LogP contribution in [0.1, 0.15) is 47.6 Å². The van der Waals surface area contributed by atoms with Crippen molar-refractivity contribution >= 4 is 5.91 Å². The fraction of sp³-hybridized carbons (Fsp3) is 0.500. The monoisotopic (exact) mass is 344 g/mol. The van der Waals surface area contributed by atoms with Gasteiger partial charge in [0.05, 0.1) is 24.9 Å². The lowest BCUT2D eigenvalue weighted by Gasteiger charge is -2.38. The zero-order valence-electron chi connectivity index (χ0n) is 14.8. The van der Waals surface area contributed by atoms with Crippen LogP contribution in [0.4, 0.5) is 0 Å². The molecule has 7 heteroatoms. The van der Waals surface area contributed by atoms with E-state index < -0.39 is 0 Å². The number of rotatable bonds is 6. The van der Waals surface area contributed by atoms with Gasteiger partial charge in [-0.2, -0.15) is 5.10 Å². The SMILES string of the molecule is CCn1nc(C)cc1C(=O)NC(c1ccc(OC)nc1)C1CC(O)C1. The predicted molar refractivity (Wildman–Crippen MR) is 92.4 cm³/mol. The van der Waals surface area contributed by atoms with E-state index in [4.69, 9.17) is 4.74 Å². The average molecular weight is 344 g/mol. The van der Waals surface area contributed by atoms with Crippen LogP contribution in [0.3, 0.4) is 0 Å².